The number of carbonyl (C=O) groups excluding carboxylic acids is 1. The molecule has 0 saturated heterocycles. The smallest absolute Gasteiger partial charge is 0.317 e. The highest BCUT2D eigenvalue weighted by molar-refractivity contribution is 6.74. The van der Waals surface area contributed by atoms with Gasteiger partial charge < -0.3 is 9.16 Å². The topological polar surface area (TPSA) is 35.5 Å². The van der Waals surface area contributed by atoms with Crippen molar-refractivity contribution in [3.05, 3.63) is 76.9 Å². The second-order valence-corrected chi connectivity index (χ2v) is 14.9. The molecule has 0 aromatic heterocycles. The van der Waals surface area contributed by atoms with Gasteiger partial charge in [-0.15, -0.1) is 0 Å². The molecule has 0 spiro atoms. The number of rotatable bonds is 4. The average Bonchev–Trinajstić information content (AvgIpc) is 2.90. The third kappa shape index (κ3) is 3.09. The molecule has 2 aromatic rings. The van der Waals surface area contributed by atoms with Gasteiger partial charge in [0.15, 0.2) is 8.32 Å². The van der Waals surface area contributed by atoms with E-state index in [1.807, 2.05) is 24.3 Å². The predicted molar refractivity (Wildman–Crippen MR) is 124 cm³/mol. The van der Waals surface area contributed by atoms with Crippen LogP contribution in [0.5, 0.6) is 0 Å². The zero-order valence-corrected chi connectivity index (χ0v) is 19.9. The summed E-state index contributed by atoms with van der Waals surface area (Å²) in [5, 5.41) is 0.0888. The number of fused-ring (bicyclic) bond motifs is 3. The lowest BCUT2D eigenvalue weighted by atomic mass is 9.56. The normalized spacial score (nSPS) is 26.7. The van der Waals surface area contributed by atoms with Gasteiger partial charge in [-0.3, -0.25) is 4.79 Å². The molecule has 158 valence electrons. The van der Waals surface area contributed by atoms with Crippen molar-refractivity contribution in [1.29, 1.82) is 0 Å². The quantitative estimate of drug-likeness (QED) is 0.431. The number of esters is 1. The van der Waals surface area contributed by atoms with Crippen LogP contribution in [0.4, 0.5) is 0 Å². The molecule has 30 heavy (non-hydrogen) atoms. The monoisotopic (exact) mass is 420 g/mol. The molecule has 3 nitrogen and oxygen atoms in total. The molecule has 1 fully saturated rings. The van der Waals surface area contributed by atoms with Crippen LogP contribution in [0.25, 0.3) is 6.08 Å². The van der Waals surface area contributed by atoms with Crippen molar-refractivity contribution in [1.82, 2.24) is 0 Å². The Kier molecular flexibility index (Phi) is 5.06. The van der Waals surface area contributed by atoms with E-state index in [-0.39, 0.29) is 23.0 Å². The minimum absolute atomic E-state index is 0.0170. The summed E-state index contributed by atoms with van der Waals surface area (Å²) in [5.41, 5.74) is 4.02. The van der Waals surface area contributed by atoms with Crippen LogP contribution < -0.4 is 0 Å². The third-order valence-electron chi connectivity index (χ3n) is 7.39. The first-order valence-electron chi connectivity index (χ1n) is 10.7. The van der Waals surface area contributed by atoms with E-state index >= 15 is 0 Å². The van der Waals surface area contributed by atoms with Gasteiger partial charge in [-0.25, -0.2) is 0 Å². The first kappa shape index (κ1) is 21.1. The van der Waals surface area contributed by atoms with Gasteiger partial charge in [-0.1, -0.05) is 87.0 Å². The summed E-state index contributed by atoms with van der Waals surface area (Å²) in [5.74, 6) is -0.164. The van der Waals surface area contributed by atoms with Crippen molar-refractivity contribution in [3.63, 3.8) is 0 Å². The summed E-state index contributed by atoms with van der Waals surface area (Å²) in [6, 6.07) is 18.6. The molecule has 0 N–H and O–H groups in total. The van der Waals surface area contributed by atoms with Gasteiger partial charge in [-0.2, -0.15) is 0 Å². The Bertz CT molecular complexity index is 987. The molecule has 0 aliphatic heterocycles. The summed E-state index contributed by atoms with van der Waals surface area (Å²) in [4.78, 5) is 13.2. The lowest BCUT2D eigenvalue weighted by Crippen LogP contribution is -2.53. The second-order valence-electron chi connectivity index (χ2n) is 10.1. The predicted octanol–water partition coefficient (Wildman–Crippen LogP) is 6.28. The average molecular weight is 421 g/mol. The molecular weight excluding hydrogens is 388 g/mol. The lowest BCUT2D eigenvalue weighted by Gasteiger charge is -2.49. The number of ether oxygens (including phenoxy) is 1. The van der Waals surface area contributed by atoms with Gasteiger partial charge >= 0.3 is 5.97 Å². The zero-order chi connectivity index (χ0) is 21.7. The minimum Gasteiger partial charge on any atom is -0.468 e. The number of hydrogen-bond acceptors (Lipinski definition) is 3. The Morgan fingerprint density at radius 1 is 1.07 bits per heavy atom. The maximum Gasteiger partial charge on any atom is 0.317 e. The first-order chi connectivity index (χ1) is 14.1. The fourth-order valence-corrected chi connectivity index (χ4v) is 6.05. The number of carbonyl (C=O) groups is 1. The van der Waals surface area contributed by atoms with Crippen LogP contribution in [-0.4, -0.2) is 21.4 Å². The van der Waals surface area contributed by atoms with E-state index in [9.17, 15) is 4.79 Å². The summed E-state index contributed by atoms with van der Waals surface area (Å²) in [6.07, 6.45) is 2.80. The molecule has 4 rings (SSSR count). The number of benzene rings is 2. The van der Waals surface area contributed by atoms with E-state index in [1.165, 1.54) is 12.7 Å². The maximum atomic E-state index is 13.2. The summed E-state index contributed by atoms with van der Waals surface area (Å²) < 4.78 is 12.4. The van der Waals surface area contributed by atoms with Gasteiger partial charge in [-0.05, 0) is 41.2 Å². The Balaban J connectivity index is 1.84. The first-order valence-corrected chi connectivity index (χ1v) is 13.6. The highest BCUT2D eigenvalue weighted by Gasteiger charge is 2.66. The molecule has 3 atom stereocenters. The Labute approximate surface area is 181 Å². The van der Waals surface area contributed by atoms with Crippen molar-refractivity contribution >= 4 is 20.4 Å². The Hall–Kier alpha value is -2.17. The largest absolute Gasteiger partial charge is 0.468 e. The van der Waals surface area contributed by atoms with Crippen LogP contribution in [0.2, 0.25) is 18.1 Å². The van der Waals surface area contributed by atoms with Gasteiger partial charge in [0, 0.05) is 5.92 Å². The van der Waals surface area contributed by atoms with Crippen LogP contribution in [0.3, 0.4) is 0 Å². The van der Waals surface area contributed by atoms with Crippen LogP contribution in [0, 0.1) is 5.92 Å². The number of hydrogen-bond donors (Lipinski definition) is 0. The summed E-state index contributed by atoms with van der Waals surface area (Å²) >= 11 is 0. The van der Waals surface area contributed by atoms with Gasteiger partial charge in [0.1, 0.15) is 5.41 Å². The van der Waals surface area contributed by atoms with E-state index in [2.05, 4.69) is 70.3 Å². The maximum absolute atomic E-state index is 13.2. The van der Waals surface area contributed by atoms with Gasteiger partial charge in [0.2, 0.25) is 0 Å². The van der Waals surface area contributed by atoms with Crippen LogP contribution in [0.1, 0.15) is 50.0 Å². The van der Waals surface area contributed by atoms with Crippen molar-refractivity contribution in [3.8, 4) is 0 Å². The van der Waals surface area contributed by atoms with E-state index < -0.39 is 13.7 Å². The Morgan fingerprint density at radius 2 is 1.70 bits per heavy atom. The molecule has 0 amide bonds. The highest BCUT2D eigenvalue weighted by Crippen LogP contribution is 2.66. The molecule has 0 radical (unpaired) electrons. The molecule has 0 unspecified atom stereocenters. The highest BCUT2D eigenvalue weighted by atomic mass is 28.4. The summed E-state index contributed by atoms with van der Waals surface area (Å²) in [7, 11) is -0.557. The van der Waals surface area contributed by atoms with Crippen molar-refractivity contribution in [2.45, 2.75) is 56.8 Å². The molecule has 2 aliphatic carbocycles. The zero-order valence-electron chi connectivity index (χ0n) is 18.9. The van der Waals surface area contributed by atoms with Crippen molar-refractivity contribution < 1.29 is 14.0 Å². The van der Waals surface area contributed by atoms with Crippen molar-refractivity contribution in [2.24, 2.45) is 5.92 Å². The molecule has 0 bridgehead atoms. The van der Waals surface area contributed by atoms with Crippen LogP contribution in [0.15, 0.2) is 60.2 Å². The Morgan fingerprint density at radius 3 is 2.33 bits per heavy atom. The molecule has 1 saturated carbocycles. The molecule has 4 heteroatoms. The minimum atomic E-state index is -2.05. The fraction of sp³-hybridized carbons (Fsp3) is 0.423. The van der Waals surface area contributed by atoms with Gasteiger partial charge in [0.25, 0.3) is 0 Å². The second kappa shape index (κ2) is 7.21. The van der Waals surface area contributed by atoms with E-state index in [4.69, 9.17) is 9.16 Å². The molecular formula is C26H32O3Si. The molecule has 2 aromatic carbocycles. The lowest BCUT2D eigenvalue weighted by molar-refractivity contribution is -0.153. The van der Waals surface area contributed by atoms with E-state index in [0.717, 1.165) is 16.7 Å². The fourth-order valence-electron chi connectivity index (χ4n) is 4.79. The van der Waals surface area contributed by atoms with E-state index in [0.29, 0.717) is 6.42 Å². The molecule has 0 heterocycles. The van der Waals surface area contributed by atoms with Crippen molar-refractivity contribution in [2.75, 3.05) is 7.11 Å². The molecule has 2 aliphatic rings. The van der Waals surface area contributed by atoms with Crippen LogP contribution >= 0.6 is 0 Å². The SMILES string of the molecule is COC(=O)[C@@]12C/C(=C\c3ccccc3)[C@@H]1[C@@H](O[Si](C)(C)C(C)(C)C)c1ccccc12. The summed E-state index contributed by atoms with van der Waals surface area (Å²) in [6.45, 7) is 11.3. The van der Waals surface area contributed by atoms with Gasteiger partial charge in [0.05, 0.1) is 13.2 Å². The standard InChI is InChI=1S/C26H32O3Si/c1-25(2,3)30(5,6)29-23-20-14-10-11-15-21(20)26(24(27)28-4)17-19(22(23)26)16-18-12-8-7-9-13-18/h7-16,22-23H,17H2,1-6H3/b19-16+/t22-,23+,26-/m1/s1. The van der Waals surface area contributed by atoms with Crippen LogP contribution in [-0.2, 0) is 19.4 Å². The third-order valence-corrected chi connectivity index (χ3v) is 11.8. The van der Waals surface area contributed by atoms with E-state index in [1.54, 1.807) is 0 Å². The number of methoxy groups -OCH3 is 1.